The van der Waals surface area contributed by atoms with Crippen molar-refractivity contribution in [3.8, 4) is 11.5 Å². The molecule has 2 aromatic carbocycles. The molecule has 2 aromatic rings. The molecular weight excluding hydrogens is 394 g/mol. The quantitative estimate of drug-likeness (QED) is 0.769. The van der Waals surface area contributed by atoms with Gasteiger partial charge in [0.25, 0.3) is 0 Å². The van der Waals surface area contributed by atoms with E-state index in [-0.39, 0.29) is 12.2 Å². The first-order chi connectivity index (χ1) is 14.8. The minimum Gasteiger partial charge on any atom is -0.454 e. The van der Waals surface area contributed by atoms with E-state index < -0.39 is 11.8 Å². The number of hydrogen-bond acceptors (Lipinski definition) is 5. The van der Waals surface area contributed by atoms with E-state index in [0.717, 1.165) is 23.6 Å². The molecule has 0 unspecified atom stereocenters. The van der Waals surface area contributed by atoms with Crippen LogP contribution < -0.4 is 14.8 Å². The van der Waals surface area contributed by atoms with E-state index in [2.05, 4.69) is 31.0 Å². The molecule has 2 heterocycles. The van der Waals surface area contributed by atoms with E-state index in [9.17, 15) is 9.59 Å². The third-order valence-corrected chi connectivity index (χ3v) is 5.71. The van der Waals surface area contributed by atoms with Crippen LogP contribution in [0.3, 0.4) is 0 Å². The Morgan fingerprint density at radius 2 is 1.61 bits per heavy atom. The maximum Gasteiger partial charge on any atom is 0.313 e. The van der Waals surface area contributed by atoms with Crippen LogP contribution in [0.25, 0.3) is 0 Å². The summed E-state index contributed by atoms with van der Waals surface area (Å²) in [6, 6.07) is 13.6. The number of ether oxygens (including phenoxy) is 2. The van der Waals surface area contributed by atoms with Gasteiger partial charge in [-0.25, -0.2) is 0 Å². The molecule has 0 atom stereocenters. The first-order valence-electron chi connectivity index (χ1n) is 10.6. The number of benzene rings is 2. The molecular formula is C24H29N3O4. The van der Waals surface area contributed by atoms with E-state index in [1.165, 1.54) is 5.56 Å². The van der Waals surface area contributed by atoms with Gasteiger partial charge in [-0.05, 0) is 40.8 Å². The van der Waals surface area contributed by atoms with Crippen molar-refractivity contribution in [1.82, 2.24) is 9.80 Å². The smallest absolute Gasteiger partial charge is 0.313 e. The van der Waals surface area contributed by atoms with Gasteiger partial charge >= 0.3 is 11.8 Å². The van der Waals surface area contributed by atoms with Crippen LogP contribution in [-0.2, 0) is 21.5 Å². The summed E-state index contributed by atoms with van der Waals surface area (Å²) < 4.78 is 10.8. The molecule has 1 saturated heterocycles. The Bertz CT molecular complexity index is 958. The van der Waals surface area contributed by atoms with E-state index in [1.54, 1.807) is 4.90 Å². The van der Waals surface area contributed by atoms with Crippen molar-refractivity contribution in [1.29, 1.82) is 0 Å². The first-order valence-corrected chi connectivity index (χ1v) is 10.6. The van der Waals surface area contributed by atoms with Crippen molar-refractivity contribution in [3.05, 3.63) is 53.6 Å². The predicted molar refractivity (Wildman–Crippen MR) is 118 cm³/mol. The standard InChI is InChI=1S/C24H29N3O4/c1-24(2,3)18-5-7-19(8-6-18)25-22(28)23(29)27-12-10-26(11-13-27)15-17-4-9-20-21(14-17)31-16-30-20/h4-9,14H,10-13,15-16H2,1-3H3,(H,25,28). The molecule has 0 aliphatic carbocycles. The largest absolute Gasteiger partial charge is 0.454 e. The number of nitrogens with zero attached hydrogens (tertiary/aromatic N) is 2. The fourth-order valence-corrected chi connectivity index (χ4v) is 3.79. The maximum atomic E-state index is 12.6. The van der Waals surface area contributed by atoms with Gasteiger partial charge in [0.15, 0.2) is 11.5 Å². The highest BCUT2D eigenvalue weighted by Crippen LogP contribution is 2.32. The van der Waals surface area contributed by atoms with Crippen molar-refractivity contribution in [2.75, 3.05) is 38.3 Å². The normalized spacial score (nSPS) is 16.3. The van der Waals surface area contributed by atoms with Crippen LogP contribution in [0.1, 0.15) is 31.9 Å². The summed E-state index contributed by atoms with van der Waals surface area (Å²) in [6.07, 6.45) is 0. The van der Waals surface area contributed by atoms with Crippen molar-refractivity contribution in [3.63, 3.8) is 0 Å². The van der Waals surface area contributed by atoms with Gasteiger partial charge in [0.2, 0.25) is 6.79 Å². The molecule has 31 heavy (non-hydrogen) atoms. The van der Waals surface area contributed by atoms with E-state index in [4.69, 9.17) is 9.47 Å². The minimum absolute atomic E-state index is 0.0403. The molecule has 2 amide bonds. The van der Waals surface area contributed by atoms with Crippen LogP contribution >= 0.6 is 0 Å². The SMILES string of the molecule is CC(C)(C)c1ccc(NC(=O)C(=O)N2CCN(Cc3ccc4c(c3)OCO4)CC2)cc1. The number of piperazine rings is 1. The lowest BCUT2D eigenvalue weighted by Gasteiger charge is -2.34. The van der Waals surface area contributed by atoms with Crippen LogP contribution in [0.4, 0.5) is 5.69 Å². The highest BCUT2D eigenvalue weighted by atomic mass is 16.7. The number of carbonyl (C=O) groups excluding carboxylic acids is 2. The van der Waals surface area contributed by atoms with E-state index in [0.29, 0.717) is 31.9 Å². The Morgan fingerprint density at radius 1 is 0.935 bits per heavy atom. The second-order valence-electron chi connectivity index (χ2n) is 9.04. The van der Waals surface area contributed by atoms with Crippen LogP contribution in [-0.4, -0.2) is 54.6 Å². The van der Waals surface area contributed by atoms with Gasteiger partial charge < -0.3 is 19.7 Å². The number of fused-ring (bicyclic) bond motifs is 1. The molecule has 7 nitrogen and oxygen atoms in total. The number of nitrogens with one attached hydrogen (secondary N) is 1. The van der Waals surface area contributed by atoms with Crippen molar-refractivity contribution in [2.24, 2.45) is 0 Å². The lowest BCUT2D eigenvalue weighted by Crippen LogP contribution is -2.51. The highest BCUT2D eigenvalue weighted by Gasteiger charge is 2.26. The summed E-state index contributed by atoms with van der Waals surface area (Å²) >= 11 is 0. The van der Waals surface area contributed by atoms with Gasteiger partial charge in [0.1, 0.15) is 0 Å². The van der Waals surface area contributed by atoms with Gasteiger partial charge in [-0.1, -0.05) is 39.0 Å². The molecule has 2 aliphatic rings. The molecule has 0 bridgehead atoms. The Hall–Kier alpha value is -3.06. The zero-order valence-corrected chi connectivity index (χ0v) is 18.3. The monoisotopic (exact) mass is 423 g/mol. The average molecular weight is 424 g/mol. The maximum absolute atomic E-state index is 12.6. The third kappa shape index (κ3) is 4.99. The fourth-order valence-electron chi connectivity index (χ4n) is 3.79. The average Bonchev–Trinajstić information content (AvgIpc) is 3.21. The van der Waals surface area contributed by atoms with Gasteiger partial charge in [-0.2, -0.15) is 0 Å². The summed E-state index contributed by atoms with van der Waals surface area (Å²) in [5.41, 5.74) is 2.99. The Morgan fingerprint density at radius 3 is 2.29 bits per heavy atom. The van der Waals surface area contributed by atoms with E-state index >= 15 is 0 Å². The number of rotatable bonds is 3. The molecule has 1 fully saturated rings. The third-order valence-electron chi connectivity index (χ3n) is 5.71. The predicted octanol–water partition coefficient (Wildman–Crippen LogP) is 3.00. The van der Waals surface area contributed by atoms with Gasteiger partial charge in [-0.15, -0.1) is 0 Å². The van der Waals surface area contributed by atoms with Crippen molar-refractivity contribution in [2.45, 2.75) is 32.7 Å². The molecule has 1 N–H and O–H groups in total. The van der Waals surface area contributed by atoms with Crippen LogP contribution in [0.5, 0.6) is 11.5 Å². The summed E-state index contributed by atoms with van der Waals surface area (Å²) in [7, 11) is 0. The van der Waals surface area contributed by atoms with Gasteiger partial charge in [0.05, 0.1) is 0 Å². The molecule has 164 valence electrons. The second-order valence-corrected chi connectivity index (χ2v) is 9.04. The number of amides is 2. The molecule has 0 spiro atoms. The van der Waals surface area contributed by atoms with Gasteiger partial charge in [-0.3, -0.25) is 14.5 Å². The molecule has 2 aliphatic heterocycles. The number of carbonyl (C=O) groups is 2. The van der Waals surface area contributed by atoms with Crippen molar-refractivity contribution >= 4 is 17.5 Å². The number of anilines is 1. The Labute approximate surface area is 182 Å². The second kappa shape index (κ2) is 8.59. The molecule has 0 radical (unpaired) electrons. The first kappa shape index (κ1) is 21.2. The zero-order valence-electron chi connectivity index (χ0n) is 18.3. The molecule has 7 heteroatoms. The van der Waals surface area contributed by atoms with Crippen LogP contribution in [0.15, 0.2) is 42.5 Å². The summed E-state index contributed by atoms with van der Waals surface area (Å²) in [6.45, 7) is 9.93. The van der Waals surface area contributed by atoms with Crippen molar-refractivity contribution < 1.29 is 19.1 Å². The lowest BCUT2D eigenvalue weighted by molar-refractivity contribution is -0.144. The van der Waals surface area contributed by atoms with Gasteiger partial charge in [0, 0.05) is 38.4 Å². The summed E-state index contributed by atoms with van der Waals surface area (Å²) in [4.78, 5) is 28.9. The van der Waals surface area contributed by atoms with E-state index in [1.807, 2.05) is 42.5 Å². The van der Waals surface area contributed by atoms with Crippen LogP contribution in [0, 0.1) is 0 Å². The molecule has 4 rings (SSSR count). The topological polar surface area (TPSA) is 71.1 Å². The summed E-state index contributed by atoms with van der Waals surface area (Å²) in [5.74, 6) is 0.479. The fraction of sp³-hybridized carbons (Fsp3) is 0.417. The summed E-state index contributed by atoms with van der Waals surface area (Å²) in [5, 5.41) is 2.72. The minimum atomic E-state index is -0.590. The Balaban J connectivity index is 1.27. The lowest BCUT2D eigenvalue weighted by atomic mass is 9.87. The number of hydrogen-bond donors (Lipinski definition) is 1. The highest BCUT2D eigenvalue weighted by molar-refractivity contribution is 6.39. The Kier molecular flexibility index (Phi) is 5.87. The molecule has 0 aromatic heterocycles. The molecule has 0 saturated carbocycles. The zero-order chi connectivity index (χ0) is 22.0. The van der Waals surface area contributed by atoms with Crippen LogP contribution in [0.2, 0.25) is 0 Å².